The molecule has 0 aliphatic carbocycles. The summed E-state index contributed by atoms with van der Waals surface area (Å²) < 4.78 is 23.6. The summed E-state index contributed by atoms with van der Waals surface area (Å²) in [5.41, 5.74) is 13.2. The minimum Gasteiger partial charge on any atom is -0.469 e. The van der Waals surface area contributed by atoms with Crippen LogP contribution in [0.1, 0.15) is 124 Å². The van der Waals surface area contributed by atoms with Gasteiger partial charge in [-0.05, 0) is 80.5 Å². The van der Waals surface area contributed by atoms with Crippen molar-refractivity contribution in [1.82, 2.24) is 20.0 Å². The van der Waals surface area contributed by atoms with Gasteiger partial charge in [0.25, 0.3) is 5.91 Å². The van der Waals surface area contributed by atoms with Crippen molar-refractivity contribution in [3.63, 3.8) is 0 Å². The van der Waals surface area contributed by atoms with E-state index in [2.05, 4.69) is 72.9 Å². The Morgan fingerprint density at radius 2 is 1.58 bits per heavy atom. The van der Waals surface area contributed by atoms with Gasteiger partial charge in [0.1, 0.15) is 6.04 Å². The van der Waals surface area contributed by atoms with Crippen LogP contribution in [-0.2, 0) is 42.9 Å². The van der Waals surface area contributed by atoms with E-state index in [0.29, 0.717) is 40.4 Å². The molecule has 352 valence electrons. The number of nitrogens with one attached hydrogen (secondary N) is 3. The maximum atomic E-state index is 15.0. The SMILES string of the molecule is CCCC/C=C/c1c(C)c2n3c1/C=C1N=C(/C=c4/c(C)c(C(=O)NCCC(=O)N[C@@H](CC(=O)OC)C(=O)OC)/c(n4N3)=C(\CC(=O)OC)C3=N/C(=C\2)[C@@H](C)[C@@H]3CCC(=O)OC)C(CC)=C\1C. The molecule has 0 spiro atoms. The van der Waals surface area contributed by atoms with Gasteiger partial charge in [0.2, 0.25) is 5.91 Å². The van der Waals surface area contributed by atoms with Crippen molar-refractivity contribution in [2.45, 2.75) is 105 Å². The van der Waals surface area contributed by atoms with E-state index in [4.69, 9.17) is 24.2 Å². The van der Waals surface area contributed by atoms with Crippen LogP contribution in [0.5, 0.6) is 0 Å². The molecule has 17 heteroatoms. The van der Waals surface area contributed by atoms with Crippen LogP contribution >= 0.6 is 0 Å². The molecule has 2 aromatic heterocycles. The molecule has 0 fully saturated rings. The molecule has 4 aliphatic rings. The van der Waals surface area contributed by atoms with E-state index in [1.54, 1.807) is 0 Å². The van der Waals surface area contributed by atoms with Crippen LogP contribution in [0, 0.1) is 25.7 Å². The fourth-order valence-electron chi connectivity index (χ4n) is 9.01. The molecule has 3 atom stereocenters. The number of nitrogens with zero attached hydrogens (tertiary/aromatic N) is 4. The van der Waals surface area contributed by atoms with Gasteiger partial charge in [-0.25, -0.2) is 24.7 Å². The van der Waals surface area contributed by atoms with Gasteiger partial charge < -0.3 is 29.6 Å². The van der Waals surface area contributed by atoms with Crippen molar-refractivity contribution in [3.05, 3.63) is 73.0 Å². The monoisotopic (exact) mass is 907 g/mol. The molecule has 3 N–H and O–H groups in total. The van der Waals surface area contributed by atoms with Gasteiger partial charge in [-0.1, -0.05) is 45.8 Å². The van der Waals surface area contributed by atoms with Crippen molar-refractivity contribution in [2.75, 3.05) is 40.5 Å². The second-order valence-corrected chi connectivity index (χ2v) is 16.7. The number of allylic oxidation sites excluding steroid dienone is 4. The molecule has 0 saturated carbocycles. The Balaban J connectivity index is 1.64. The molecular formula is C49H61N7O10. The number of carbonyl (C=O) groups excluding carboxylic acids is 6. The highest BCUT2D eigenvalue weighted by Crippen LogP contribution is 2.41. The number of hydrogen-bond acceptors (Lipinski definition) is 13. The van der Waals surface area contributed by atoms with Gasteiger partial charge >= 0.3 is 23.9 Å². The third-order valence-corrected chi connectivity index (χ3v) is 12.8. The first-order chi connectivity index (χ1) is 31.6. The first-order valence-electron chi connectivity index (χ1n) is 22.4. The molecule has 17 nitrogen and oxygen atoms in total. The molecule has 0 saturated heterocycles. The normalized spacial score (nSPS) is 20.3. The molecule has 4 aliphatic heterocycles. The first kappa shape index (κ1) is 48.7. The zero-order valence-corrected chi connectivity index (χ0v) is 39.6. The largest absolute Gasteiger partial charge is 0.469 e. The average molecular weight is 908 g/mol. The number of amides is 2. The summed E-state index contributed by atoms with van der Waals surface area (Å²) in [6, 6.07) is -1.30. The first-order valence-corrected chi connectivity index (χ1v) is 22.4. The number of esters is 4. The van der Waals surface area contributed by atoms with Crippen molar-refractivity contribution < 1.29 is 47.7 Å². The summed E-state index contributed by atoms with van der Waals surface area (Å²) in [5.74, 6) is -4.34. The van der Waals surface area contributed by atoms with Crippen LogP contribution in [0.15, 0.2) is 38.6 Å². The number of carbonyl (C=O) groups is 6. The second-order valence-electron chi connectivity index (χ2n) is 16.7. The topological polar surface area (TPSA) is 210 Å². The number of ether oxygens (including phenoxy) is 4. The maximum Gasteiger partial charge on any atom is 0.328 e. The molecule has 6 rings (SSSR count). The van der Waals surface area contributed by atoms with Crippen LogP contribution in [0.4, 0.5) is 0 Å². The molecule has 66 heavy (non-hydrogen) atoms. The fourth-order valence-corrected chi connectivity index (χ4v) is 9.01. The highest BCUT2D eigenvalue weighted by atomic mass is 16.5. The van der Waals surface area contributed by atoms with Crippen LogP contribution in [-0.4, -0.2) is 97.5 Å². The predicted octanol–water partition coefficient (Wildman–Crippen LogP) is 4.50. The predicted molar refractivity (Wildman–Crippen MR) is 251 cm³/mol. The van der Waals surface area contributed by atoms with Crippen LogP contribution in [0.3, 0.4) is 0 Å². The molecular weight excluding hydrogens is 847 g/mol. The van der Waals surface area contributed by atoms with Gasteiger partial charge in [0.15, 0.2) is 0 Å². The number of aliphatic imine (C=N–C) groups is 2. The molecule has 2 aromatic rings. The Bertz CT molecular complexity index is 2670. The number of aromatic nitrogens is 2. The molecule has 0 aromatic carbocycles. The lowest BCUT2D eigenvalue weighted by Crippen LogP contribution is -2.44. The average Bonchev–Trinajstić information content (AvgIpc) is 3.95. The van der Waals surface area contributed by atoms with E-state index in [1.807, 2.05) is 29.3 Å². The quantitative estimate of drug-likeness (QED) is 0.108. The van der Waals surface area contributed by atoms with Crippen LogP contribution in [0.2, 0.25) is 0 Å². The van der Waals surface area contributed by atoms with Crippen molar-refractivity contribution in [3.8, 4) is 0 Å². The number of methoxy groups -OCH3 is 4. The standard InChI is InChI=1S/C49H61N7O10/c1-11-13-14-15-16-31-28(5)38-22-35-27(4)32(17-18-42(58)63-7)46(53-35)33(21-43(59)64-8)47-45(48(61)50-20-19-41(57)52-37(49(62)66-10)25-44(60)65-9)29(6)39-24-36-30(12-2)26(3)34(51-36)23-40(31)55(38)54-56(39)47/h15-16,22-24,27,32,37,54H,11-14,17-21,25H2,1-10H3,(H,50,61)(H,52,57)/b16-15+,34-23-,35-22-,36-24?,38-22?,39-24-,40-23?,46-33?,47-33-/t27-,32-,37-/m0/s1. The molecule has 6 bridgehead atoms. The smallest absolute Gasteiger partial charge is 0.328 e. The molecule has 0 radical (unpaired) electrons. The van der Waals surface area contributed by atoms with Gasteiger partial charge in [0.05, 0.1) is 86.1 Å². The number of fused-ring (bicyclic) bond motifs is 2. The maximum absolute atomic E-state index is 15.0. The summed E-state index contributed by atoms with van der Waals surface area (Å²) in [6.45, 7) is 12.1. The zero-order chi connectivity index (χ0) is 48.0. The minimum absolute atomic E-state index is 0.0810. The van der Waals surface area contributed by atoms with Crippen molar-refractivity contribution in [2.24, 2.45) is 21.8 Å². The van der Waals surface area contributed by atoms with E-state index in [-0.39, 0.29) is 43.2 Å². The van der Waals surface area contributed by atoms with E-state index in [1.165, 1.54) is 21.3 Å². The third-order valence-electron chi connectivity index (χ3n) is 12.8. The number of hydrogen-bond donors (Lipinski definition) is 3. The molecule has 6 heterocycles. The zero-order valence-electron chi connectivity index (χ0n) is 39.6. The molecule has 0 unspecified atom stereocenters. The summed E-state index contributed by atoms with van der Waals surface area (Å²) in [5, 5.41) is 6.31. The van der Waals surface area contributed by atoms with Crippen LogP contribution in [0.25, 0.3) is 29.9 Å². The van der Waals surface area contributed by atoms with E-state index in [9.17, 15) is 28.8 Å². The number of unbranched alkanes of at least 4 members (excludes halogenated alkanes) is 2. The summed E-state index contributed by atoms with van der Waals surface area (Å²) >= 11 is 0. The Labute approximate surface area is 384 Å². The summed E-state index contributed by atoms with van der Waals surface area (Å²) in [7, 11) is 4.94. The summed E-state index contributed by atoms with van der Waals surface area (Å²) in [6.07, 6.45) is 13.5. The van der Waals surface area contributed by atoms with Gasteiger partial charge in [-0.2, -0.15) is 0 Å². The lowest BCUT2D eigenvalue weighted by Gasteiger charge is -2.21. The van der Waals surface area contributed by atoms with E-state index >= 15 is 0 Å². The van der Waals surface area contributed by atoms with Crippen LogP contribution < -0.4 is 26.9 Å². The number of rotatable bonds is 18. The van der Waals surface area contributed by atoms with Gasteiger partial charge in [-0.15, -0.1) is 0 Å². The van der Waals surface area contributed by atoms with E-state index in [0.717, 1.165) is 77.1 Å². The second kappa shape index (κ2) is 21.0. The lowest BCUT2D eigenvalue weighted by molar-refractivity contribution is -0.150. The Morgan fingerprint density at radius 1 is 0.848 bits per heavy atom. The Hall–Kier alpha value is -6.78. The highest BCUT2D eigenvalue weighted by molar-refractivity contribution is 6.25. The van der Waals surface area contributed by atoms with Crippen molar-refractivity contribution >= 4 is 77.0 Å². The van der Waals surface area contributed by atoms with E-state index < -0.39 is 48.2 Å². The minimum atomic E-state index is -1.30. The lowest BCUT2D eigenvalue weighted by atomic mass is 9.82. The van der Waals surface area contributed by atoms with Gasteiger partial charge in [-0.3, -0.25) is 29.0 Å². The Kier molecular flexibility index (Phi) is 15.5. The molecule has 2 amide bonds. The highest BCUT2D eigenvalue weighted by Gasteiger charge is 2.38. The Morgan fingerprint density at radius 3 is 2.24 bits per heavy atom. The third kappa shape index (κ3) is 9.75. The van der Waals surface area contributed by atoms with Crippen molar-refractivity contribution in [1.29, 1.82) is 0 Å². The fraction of sp³-hybridized carbons (Fsp3) is 0.469. The summed E-state index contributed by atoms with van der Waals surface area (Å²) in [4.78, 5) is 89.5. The van der Waals surface area contributed by atoms with Gasteiger partial charge in [0, 0.05) is 48.1 Å².